The van der Waals surface area contributed by atoms with Gasteiger partial charge in [0.05, 0.1) is 6.04 Å². The van der Waals surface area contributed by atoms with E-state index in [1.165, 1.54) is 5.56 Å². The van der Waals surface area contributed by atoms with Crippen molar-refractivity contribution in [2.45, 2.75) is 26.3 Å². The second kappa shape index (κ2) is 5.76. The third kappa shape index (κ3) is 3.56. The number of benzene rings is 1. The molecule has 0 aliphatic heterocycles. The zero-order valence-electron chi connectivity index (χ0n) is 9.09. The summed E-state index contributed by atoms with van der Waals surface area (Å²) in [5, 5.41) is 2.88. The normalized spacial score (nSPS) is 12.2. The molecule has 0 aliphatic carbocycles. The van der Waals surface area contributed by atoms with Gasteiger partial charge >= 0.3 is 0 Å². The highest BCUT2D eigenvalue weighted by molar-refractivity contribution is 6.27. The van der Waals surface area contributed by atoms with Crippen LogP contribution in [0.2, 0.25) is 0 Å². The SMILES string of the molecule is CC[C@H](NC(=O)CCl)c1ccc(C)cc1. The smallest absolute Gasteiger partial charge is 0.235 e. The summed E-state index contributed by atoms with van der Waals surface area (Å²) in [5.41, 5.74) is 2.35. The quantitative estimate of drug-likeness (QED) is 0.785. The molecule has 0 heterocycles. The lowest BCUT2D eigenvalue weighted by Crippen LogP contribution is -2.28. The van der Waals surface area contributed by atoms with Gasteiger partial charge in [-0.2, -0.15) is 0 Å². The maximum Gasteiger partial charge on any atom is 0.235 e. The van der Waals surface area contributed by atoms with E-state index in [9.17, 15) is 4.79 Å². The van der Waals surface area contributed by atoms with E-state index in [4.69, 9.17) is 11.6 Å². The topological polar surface area (TPSA) is 29.1 Å². The van der Waals surface area contributed by atoms with Crippen LogP contribution in [0.4, 0.5) is 0 Å². The third-order valence-corrected chi connectivity index (χ3v) is 2.59. The Labute approximate surface area is 95.6 Å². The van der Waals surface area contributed by atoms with Crippen molar-refractivity contribution in [2.75, 3.05) is 5.88 Å². The molecule has 1 aromatic rings. The molecule has 1 amide bonds. The first kappa shape index (κ1) is 12.1. The fourth-order valence-electron chi connectivity index (χ4n) is 1.45. The fraction of sp³-hybridized carbons (Fsp3) is 0.417. The Bertz CT molecular complexity index is 321. The van der Waals surface area contributed by atoms with Gasteiger partial charge in [0.2, 0.25) is 5.91 Å². The second-order valence-electron chi connectivity index (χ2n) is 3.57. The summed E-state index contributed by atoms with van der Waals surface area (Å²) in [6.07, 6.45) is 0.867. The van der Waals surface area contributed by atoms with Gasteiger partial charge in [-0.3, -0.25) is 4.79 Å². The number of rotatable bonds is 4. The van der Waals surface area contributed by atoms with E-state index in [2.05, 4.69) is 5.32 Å². The van der Waals surface area contributed by atoms with Gasteiger partial charge in [-0.15, -0.1) is 11.6 Å². The van der Waals surface area contributed by atoms with E-state index in [0.29, 0.717) is 0 Å². The molecule has 2 nitrogen and oxygen atoms in total. The van der Waals surface area contributed by atoms with Gasteiger partial charge in [0.25, 0.3) is 0 Å². The van der Waals surface area contributed by atoms with Gasteiger partial charge in [0, 0.05) is 0 Å². The number of halogens is 1. The number of amides is 1. The zero-order chi connectivity index (χ0) is 11.3. The monoisotopic (exact) mass is 225 g/mol. The van der Waals surface area contributed by atoms with Crippen LogP contribution < -0.4 is 5.32 Å². The van der Waals surface area contributed by atoms with Crippen molar-refractivity contribution in [3.8, 4) is 0 Å². The largest absolute Gasteiger partial charge is 0.348 e. The Morgan fingerprint density at radius 2 is 2.00 bits per heavy atom. The molecule has 15 heavy (non-hydrogen) atoms. The number of aryl methyl sites for hydroxylation is 1. The first-order chi connectivity index (χ1) is 7.17. The van der Waals surface area contributed by atoms with Crippen LogP contribution in [0.25, 0.3) is 0 Å². The van der Waals surface area contributed by atoms with Gasteiger partial charge in [0.15, 0.2) is 0 Å². The third-order valence-electron chi connectivity index (χ3n) is 2.34. The van der Waals surface area contributed by atoms with E-state index in [0.717, 1.165) is 12.0 Å². The van der Waals surface area contributed by atoms with Crippen LogP contribution in [-0.4, -0.2) is 11.8 Å². The molecular weight excluding hydrogens is 210 g/mol. The predicted molar refractivity (Wildman–Crippen MR) is 63.1 cm³/mol. The van der Waals surface area contributed by atoms with Gasteiger partial charge in [-0.1, -0.05) is 36.8 Å². The molecule has 0 fully saturated rings. The highest BCUT2D eigenvalue weighted by Crippen LogP contribution is 2.16. The Balaban J connectivity index is 2.74. The van der Waals surface area contributed by atoms with E-state index in [-0.39, 0.29) is 17.8 Å². The summed E-state index contributed by atoms with van der Waals surface area (Å²) >= 11 is 5.45. The van der Waals surface area contributed by atoms with Crippen molar-refractivity contribution < 1.29 is 4.79 Å². The van der Waals surface area contributed by atoms with E-state index < -0.39 is 0 Å². The summed E-state index contributed by atoms with van der Waals surface area (Å²) in [6.45, 7) is 4.08. The summed E-state index contributed by atoms with van der Waals surface area (Å²) in [4.78, 5) is 11.2. The molecule has 0 unspecified atom stereocenters. The lowest BCUT2D eigenvalue weighted by molar-refractivity contribution is -0.119. The van der Waals surface area contributed by atoms with Gasteiger partial charge in [0.1, 0.15) is 5.88 Å². The second-order valence-corrected chi connectivity index (χ2v) is 3.84. The standard InChI is InChI=1S/C12H16ClNO/c1-3-11(14-12(15)8-13)10-6-4-9(2)5-7-10/h4-7,11H,3,8H2,1-2H3,(H,14,15)/t11-/m0/s1. The van der Waals surface area contributed by atoms with Crippen LogP contribution in [0.15, 0.2) is 24.3 Å². The van der Waals surface area contributed by atoms with E-state index in [1.54, 1.807) is 0 Å². The number of hydrogen-bond acceptors (Lipinski definition) is 1. The number of alkyl halides is 1. The predicted octanol–water partition coefficient (Wildman–Crippen LogP) is 2.80. The number of hydrogen-bond donors (Lipinski definition) is 1. The Kier molecular flexibility index (Phi) is 4.63. The van der Waals surface area contributed by atoms with E-state index >= 15 is 0 Å². The highest BCUT2D eigenvalue weighted by Gasteiger charge is 2.11. The molecule has 0 aliphatic rings. The fourth-order valence-corrected chi connectivity index (χ4v) is 1.53. The average molecular weight is 226 g/mol. The first-order valence-corrected chi connectivity index (χ1v) is 5.62. The van der Waals surface area contributed by atoms with Crippen LogP contribution in [0.5, 0.6) is 0 Å². The molecule has 1 atom stereocenters. The van der Waals surface area contributed by atoms with Crippen molar-refractivity contribution in [3.05, 3.63) is 35.4 Å². The van der Waals surface area contributed by atoms with Crippen LogP contribution in [0, 0.1) is 6.92 Å². The van der Waals surface area contributed by atoms with Crippen LogP contribution in [0.3, 0.4) is 0 Å². The van der Waals surface area contributed by atoms with Crippen LogP contribution >= 0.6 is 11.6 Å². The molecular formula is C12H16ClNO. The minimum atomic E-state index is -0.121. The van der Waals surface area contributed by atoms with Crippen molar-refractivity contribution in [1.29, 1.82) is 0 Å². The van der Waals surface area contributed by atoms with Gasteiger partial charge in [-0.25, -0.2) is 0 Å². The average Bonchev–Trinajstić information content (AvgIpc) is 2.27. The minimum absolute atomic E-state index is 0.0162. The van der Waals surface area contributed by atoms with Crippen molar-refractivity contribution >= 4 is 17.5 Å². The Morgan fingerprint density at radius 3 is 2.47 bits per heavy atom. The molecule has 0 saturated heterocycles. The van der Waals surface area contributed by atoms with Crippen LogP contribution in [-0.2, 0) is 4.79 Å². The molecule has 0 bridgehead atoms. The van der Waals surface area contributed by atoms with Gasteiger partial charge in [-0.05, 0) is 18.9 Å². The molecule has 1 rings (SSSR count). The summed E-state index contributed by atoms with van der Waals surface area (Å²) in [5.74, 6) is -0.105. The lowest BCUT2D eigenvalue weighted by Gasteiger charge is -2.16. The summed E-state index contributed by atoms with van der Waals surface area (Å²) in [6, 6.07) is 8.24. The molecule has 0 spiro atoms. The summed E-state index contributed by atoms with van der Waals surface area (Å²) < 4.78 is 0. The van der Waals surface area contributed by atoms with E-state index in [1.807, 2.05) is 38.1 Å². The number of carbonyl (C=O) groups is 1. The molecule has 1 aromatic carbocycles. The molecule has 0 saturated carbocycles. The molecule has 1 N–H and O–H groups in total. The Hall–Kier alpha value is -1.02. The van der Waals surface area contributed by atoms with Crippen LogP contribution in [0.1, 0.15) is 30.5 Å². The first-order valence-electron chi connectivity index (χ1n) is 5.09. The van der Waals surface area contributed by atoms with Crippen molar-refractivity contribution in [2.24, 2.45) is 0 Å². The summed E-state index contributed by atoms with van der Waals surface area (Å²) in [7, 11) is 0. The number of carbonyl (C=O) groups excluding carboxylic acids is 1. The lowest BCUT2D eigenvalue weighted by atomic mass is 10.0. The molecule has 0 radical (unpaired) electrons. The number of nitrogens with one attached hydrogen (secondary N) is 1. The maximum atomic E-state index is 11.2. The van der Waals surface area contributed by atoms with Crippen molar-refractivity contribution in [1.82, 2.24) is 5.32 Å². The Morgan fingerprint density at radius 1 is 1.40 bits per heavy atom. The zero-order valence-corrected chi connectivity index (χ0v) is 9.84. The molecule has 82 valence electrons. The minimum Gasteiger partial charge on any atom is -0.348 e. The maximum absolute atomic E-state index is 11.2. The van der Waals surface area contributed by atoms with Gasteiger partial charge < -0.3 is 5.32 Å². The highest BCUT2D eigenvalue weighted by atomic mass is 35.5. The molecule has 3 heteroatoms. The van der Waals surface area contributed by atoms with Crippen molar-refractivity contribution in [3.63, 3.8) is 0 Å². The molecule has 0 aromatic heterocycles.